The molecule has 0 saturated heterocycles. The van der Waals surface area contributed by atoms with Gasteiger partial charge in [0, 0.05) is 16.0 Å². The van der Waals surface area contributed by atoms with E-state index in [0.29, 0.717) is 34.0 Å². The van der Waals surface area contributed by atoms with E-state index in [1.54, 1.807) is 37.0 Å². The molecule has 142 valence electrons. The van der Waals surface area contributed by atoms with Gasteiger partial charge in [0.1, 0.15) is 5.01 Å². The highest BCUT2D eigenvalue weighted by Gasteiger charge is 2.11. The van der Waals surface area contributed by atoms with E-state index >= 15 is 0 Å². The fraction of sp³-hybridized carbons (Fsp3) is 0.150. The van der Waals surface area contributed by atoms with Crippen LogP contribution in [0.3, 0.4) is 0 Å². The lowest BCUT2D eigenvalue weighted by molar-refractivity contribution is 0.355. The molecule has 0 atom stereocenters. The lowest BCUT2D eigenvalue weighted by atomic mass is 10.2. The first-order chi connectivity index (χ1) is 13.6. The monoisotopic (exact) mass is 413 g/mol. The summed E-state index contributed by atoms with van der Waals surface area (Å²) in [6, 6.07) is 10.7. The average Bonchev–Trinajstić information content (AvgIpc) is 3.18. The molecule has 2 heterocycles. The van der Waals surface area contributed by atoms with Gasteiger partial charge in [0.05, 0.1) is 43.7 Å². The summed E-state index contributed by atoms with van der Waals surface area (Å²) in [6.45, 7) is 0.341. The largest absolute Gasteiger partial charge is 0.493 e. The Morgan fingerprint density at radius 2 is 1.93 bits per heavy atom. The van der Waals surface area contributed by atoms with Gasteiger partial charge >= 0.3 is 0 Å². The number of fused-ring (bicyclic) bond motifs is 1. The van der Waals surface area contributed by atoms with Crippen molar-refractivity contribution in [1.82, 2.24) is 14.5 Å². The van der Waals surface area contributed by atoms with Crippen LogP contribution in [0.4, 0.5) is 0 Å². The van der Waals surface area contributed by atoms with Crippen molar-refractivity contribution in [3.05, 3.63) is 69.2 Å². The fourth-order valence-electron chi connectivity index (χ4n) is 2.90. The molecule has 28 heavy (non-hydrogen) atoms. The van der Waals surface area contributed by atoms with E-state index in [-0.39, 0.29) is 5.56 Å². The van der Waals surface area contributed by atoms with Gasteiger partial charge in [0.15, 0.2) is 11.5 Å². The quantitative estimate of drug-likeness (QED) is 0.489. The van der Waals surface area contributed by atoms with Crippen molar-refractivity contribution in [2.45, 2.75) is 6.54 Å². The molecule has 0 aliphatic rings. The fourth-order valence-corrected chi connectivity index (χ4v) is 3.87. The van der Waals surface area contributed by atoms with Crippen molar-refractivity contribution in [1.29, 1.82) is 0 Å². The van der Waals surface area contributed by atoms with Crippen LogP contribution in [0.25, 0.3) is 21.5 Å². The van der Waals surface area contributed by atoms with Crippen LogP contribution in [0.15, 0.2) is 52.9 Å². The molecule has 0 spiro atoms. The molecule has 0 saturated carbocycles. The Bertz CT molecular complexity index is 1220. The normalized spacial score (nSPS) is 11.0. The van der Waals surface area contributed by atoms with Gasteiger partial charge in [-0.25, -0.2) is 9.97 Å². The van der Waals surface area contributed by atoms with E-state index in [0.717, 1.165) is 16.3 Å². The molecule has 0 amide bonds. The molecule has 0 aliphatic carbocycles. The molecule has 6 nitrogen and oxygen atoms in total. The number of thiazole rings is 1. The van der Waals surface area contributed by atoms with Gasteiger partial charge in [-0.05, 0) is 36.4 Å². The second kappa shape index (κ2) is 7.61. The Morgan fingerprint density at radius 3 is 2.71 bits per heavy atom. The van der Waals surface area contributed by atoms with Gasteiger partial charge in [-0.2, -0.15) is 0 Å². The summed E-state index contributed by atoms with van der Waals surface area (Å²) in [4.78, 5) is 21.7. The maximum absolute atomic E-state index is 12.7. The van der Waals surface area contributed by atoms with Crippen molar-refractivity contribution < 1.29 is 9.47 Å². The lowest BCUT2D eigenvalue weighted by Gasteiger charge is -2.08. The molecule has 0 fully saturated rings. The Hall–Kier alpha value is -2.90. The van der Waals surface area contributed by atoms with Gasteiger partial charge in [0.25, 0.3) is 5.56 Å². The summed E-state index contributed by atoms with van der Waals surface area (Å²) in [5.74, 6) is 1.31. The van der Waals surface area contributed by atoms with Crippen LogP contribution in [0.2, 0.25) is 5.02 Å². The zero-order valence-corrected chi connectivity index (χ0v) is 16.8. The molecule has 4 rings (SSSR count). The predicted molar refractivity (Wildman–Crippen MR) is 111 cm³/mol. The highest BCUT2D eigenvalue weighted by Crippen LogP contribution is 2.33. The third-order valence-corrected chi connectivity index (χ3v) is 5.48. The number of ether oxygens (including phenoxy) is 2. The molecule has 0 radical (unpaired) electrons. The number of aromatic nitrogens is 3. The van der Waals surface area contributed by atoms with Crippen LogP contribution in [-0.4, -0.2) is 28.8 Å². The second-order valence-corrected chi connectivity index (χ2v) is 7.35. The summed E-state index contributed by atoms with van der Waals surface area (Å²) < 4.78 is 12.2. The van der Waals surface area contributed by atoms with Gasteiger partial charge < -0.3 is 9.47 Å². The summed E-state index contributed by atoms with van der Waals surface area (Å²) in [5.41, 5.74) is 2.17. The SMILES string of the molecule is COc1ccc(-c2nc(Cn3cnc4cc(Cl)ccc4c3=O)cs2)cc1OC. The van der Waals surface area contributed by atoms with Crippen LogP contribution in [0.5, 0.6) is 11.5 Å². The number of hydrogen-bond acceptors (Lipinski definition) is 6. The third kappa shape index (κ3) is 3.46. The summed E-state index contributed by atoms with van der Waals surface area (Å²) in [6.07, 6.45) is 1.52. The number of rotatable bonds is 5. The zero-order valence-electron chi connectivity index (χ0n) is 15.2. The molecular formula is C20H16ClN3O3S. The van der Waals surface area contributed by atoms with Crippen LogP contribution in [0, 0.1) is 0 Å². The highest BCUT2D eigenvalue weighted by atomic mass is 35.5. The summed E-state index contributed by atoms with van der Waals surface area (Å²) >= 11 is 7.47. The molecule has 4 aromatic rings. The molecule has 0 unspecified atom stereocenters. The molecular weight excluding hydrogens is 398 g/mol. The van der Waals surface area contributed by atoms with Crippen LogP contribution < -0.4 is 15.0 Å². The smallest absolute Gasteiger partial charge is 0.261 e. The first-order valence-electron chi connectivity index (χ1n) is 8.40. The topological polar surface area (TPSA) is 66.2 Å². The minimum Gasteiger partial charge on any atom is -0.493 e. The number of nitrogens with zero attached hydrogens (tertiary/aromatic N) is 3. The molecule has 0 N–H and O–H groups in total. The molecule has 0 bridgehead atoms. The Labute approximate surface area is 170 Å². The lowest BCUT2D eigenvalue weighted by Crippen LogP contribution is -2.21. The van der Waals surface area contributed by atoms with Crippen molar-refractivity contribution in [2.75, 3.05) is 14.2 Å². The minimum absolute atomic E-state index is 0.123. The van der Waals surface area contributed by atoms with E-state index in [1.807, 2.05) is 23.6 Å². The first kappa shape index (κ1) is 18.5. The summed E-state index contributed by atoms with van der Waals surface area (Å²) in [5, 5.41) is 3.85. The van der Waals surface area contributed by atoms with E-state index in [2.05, 4.69) is 9.97 Å². The van der Waals surface area contributed by atoms with Crippen molar-refractivity contribution in [3.63, 3.8) is 0 Å². The second-order valence-electron chi connectivity index (χ2n) is 6.05. The van der Waals surface area contributed by atoms with Crippen molar-refractivity contribution >= 4 is 33.8 Å². The third-order valence-electron chi connectivity index (χ3n) is 4.30. The number of benzene rings is 2. The molecule has 8 heteroatoms. The Kier molecular flexibility index (Phi) is 5.02. The standard InChI is InChI=1S/C20H16ClN3O3S/c1-26-17-6-3-12(7-18(17)27-2)19-23-14(10-28-19)9-24-11-22-16-8-13(21)4-5-15(16)20(24)25/h3-8,10-11H,9H2,1-2H3. The molecule has 0 aliphatic heterocycles. The van der Waals surface area contributed by atoms with Crippen LogP contribution >= 0.6 is 22.9 Å². The van der Waals surface area contributed by atoms with Gasteiger partial charge in [-0.3, -0.25) is 9.36 Å². The average molecular weight is 414 g/mol. The van der Waals surface area contributed by atoms with E-state index < -0.39 is 0 Å². The zero-order chi connectivity index (χ0) is 19.7. The molecule has 2 aromatic carbocycles. The van der Waals surface area contributed by atoms with Crippen LogP contribution in [0.1, 0.15) is 5.69 Å². The van der Waals surface area contributed by atoms with Crippen LogP contribution in [-0.2, 0) is 6.54 Å². The van der Waals surface area contributed by atoms with Gasteiger partial charge in [-0.15, -0.1) is 11.3 Å². The Morgan fingerprint density at radius 1 is 1.11 bits per heavy atom. The molecule has 2 aromatic heterocycles. The number of hydrogen-bond donors (Lipinski definition) is 0. The van der Waals surface area contributed by atoms with Gasteiger partial charge in [0.2, 0.25) is 0 Å². The van der Waals surface area contributed by atoms with Crippen molar-refractivity contribution in [2.24, 2.45) is 0 Å². The highest BCUT2D eigenvalue weighted by molar-refractivity contribution is 7.13. The van der Waals surface area contributed by atoms with E-state index in [1.165, 1.54) is 17.7 Å². The van der Waals surface area contributed by atoms with Crippen molar-refractivity contribution in [3.8, 4) is 22.1 Å². The minimum atomic E-state index is -0.123. The maximum Gasteiger partial charge on any atom is 0.261 e. The number of halogens is 1. The number of methoxy groups -OCH3 is 2. The van der Waals surface area contributed by atoms with E-state index in [9.17, 15) is 4.79 Å². The van der Waals surface area contributed by atoms with E-state index in [4.69, 9.17) is 21.1 Å². The first-order valence-corrected chi connectivity index (χ1v) is 9.66. The predicted octanol–water partition coefficient (Wildman–Crippen LogP) is 4.24. The maximum atomic E-state index is 12.7. The Balaban J connectivity index is 1.64. The van der Waals surface area contributed by atoms with Gasteiger partial charge in [-0.1, -0.05) is 11.6 Å². The summed E-state index contributed by atoms with van der Waals surface area (Å²) in [7, 11) is 3.20.